The molecular weight excluding hydrogens is 155 g/mol. The molecule has 2 rings (SSSR count). The van der Waals surface area contributed by atoms with Gasteiger partial charge in [0.2, 0.25) is 0 Å². The van der Waals surface area contributed by atoms with Crippen LogP contribution in [0.25, 0.3) is 0 Å². The van der Waals surface area contributed by atoms with Crippen molar-refractivity contribution in [2.45, 2.75) is 35.9 Å². The van der Waals surface area contributed by atoms with Gasteiger partial charge in [-0.05, 0) is 31.6 Å². The molecule has 0 heterocycles. The highest BCUT2D eigenvalue weighted by Gasteiger charge is 2.49. The van der Waals surface area contributed by atoms with E-state index < -0.39 is 0 Å². The van der Waals surface area contributed by atoms with Crippen LogP contribution in [0.1, 0.15) is 25.7 Å². The fourth-order valence-corrected chi connectivity index (χ4v) is 2.98. The molecule has 0 nitrogen and oxygen atoms in total. The van der Waals surface area contributed by atoms with E-state index in [0.717, 1.165) is 18.8 Å². The first-order valence-corrected chi connectivity index (χ1v) is 4.35. The number of hydrogen-bond acceptors (Lipinski definition) is 0. The van der Waals surface area contributed by atoms with E-state index in [1.54, 1.807) is 0 Å². The fraction of sp³-hybridized carbons (Fsp3) is 1.00. The van der Waals surface area contributed by atoms with Crippen LogP contribution in [0.5, 0.6) is 0 Å². The van der Waals surface area contributed by atoms with Gasteiger partial charge in [-0.3, -0.25) is 0 Å². The van der Waals surface area contributed by atoms with Crippen LogP contribution in [0.3, 0.4) is 0 Å². The molecule has 0 aromatic carbocycles. The average molecular weight is 165 g/mol. The van der Waals surface area contributed by atoms with Crippen molar-refractivity contribution in [1.29, 1.82) is 0 Å². The van der Waals surface area contributed by atoms with Gasteiger partial charge < -0.3 is 0 Å². The molecule has 0 spiro atoms. The standard InChI is InChI=1S/C7H10Cl2/c8-6-3-5-1-2-7(6,9)4-5/h5-6H,1-4H2. The molecule has 2 heteroatoms. The molecule has 0 aromatic rings. The number of fused-ring (bicyclic) bond motifs is 2. The van der Waals surface area contributed by atoms with Crippen molar-refractivity contribution in [3.05, 3.63) is 0 Å². The Morgan fingerprint density at radius 2 is 2.22 bits per heavy atom. The highest BCUT2D eigenvalue weighted by Crippen LogP contribution is 2.53. The van der Waals surface area contributed by atoms with Gasteiger partial charge in [-0.15, -0.1) is 23.2 Å². The van der Waals surface area contributed by atoms with Crippen LogP contribution < -0.4 is 0 Å². The summed E-state index contributed by atoms with van der Waals surface area (Å²) in [5.41, 5.74) is 0. The summed E-state index contributed by atoms with van der Waals surface area (Å²) in [6, 6.07) is 0. The van der Waals surface area contributed by atoms with Gasteiger partial charge in [-0.1, -0.05) is 0 Å². The van der Waals surface area contributed by atoms with Gasteiger partial charge >= 0.3 is 0 Å². The smallest absolute Gasteiger partial charge is 0.0612 e. The molecule has 2 saturated carbocycles. The Morgan fingerprint density at radius 1 is 1.44 bits per heavy atom. The minimum Gasteiger partial charge on any atom is -0.121 e. The summed E-state index contributed by atoms with van der Waals surface area (Å²) in [5, 5.41) is 0.262. The Hall–Kier alpha value is 0.580. The third-order valence-electron chi connectivity index (χ3n) is 2.70. The summed E-state index contributed by atoms with van der Waals surface area (Å²) in [5.74, 6) is 0.852. The third kappa shape index (κ3) is 0.798. The number of hydrogen-bond donors (Lipinski definition) is 0. The van der Waals surface area contributed by atoms with E-state index in [9.17, 15) is 0 Å². The second-order valence-electron chi connectivity index (χ2n) is 3.35. The molecule has 9 heavy (non-hydrogen) atoms. The molecule has 52 valence electrons. The molecule has 3 unspecified atom stereocenters. The third-order valence-corrected chi connectivity index (χ3v) is 4.01. The van der Waals surface area contributed by atoms with Crippen LogP contribution in [0.15, 0.2) is 0 Å². The Bertz CT molecular complexity index is 135. The van der Waals surface area contributed by atoms with Crippen LogP contribution >= 0.6 is 23.2 Å². The molecule has 2 fully saturated rings. The van der Waals surface area contributed by atoms with Crippen LogP contribution in [0, 0.1) is 5.92 Å². The van der Waals surface area contributed by atoms with Gasteiger partial charge in [-0.25, -0.2) is 0 Å². The van der Waals surface area contributed by atoms with E-state index in [0.29, 0.717) is 0 Å². The lowest BCUT2D eigenvalue weighted by Crippen LogP contribution is -2.25. The number of rotatable bonds is 0. The Kier molecular flexibility index (Phi) is 1.26. The lowest BCUT2D eigenvalue weighted by molar-refractivity contribution is 0.502. The lowest BCUT2D eigenvalue weighted by atomic mass is 10.00. The molecule has 3 atom stereocenters. The van der Waals surface area contributed by atoms with Gasteiger partial charge in [0.25, 0.3) is 0 Å². The zero-order valence-corrected chi connectivity index (χ0v) is 6.75. The molecule has 0 saturated heterocycles. The van der Waals surface area contributed by atoms with Crippen molar-refractivity contribution in [2.75, 3.05) is 0 Å². The minimum atomic E-state index is 0.00617. The maximum atomic E-state index is 6.22. The van der Waals surface area contributed by atoms with Gasteiger partial charge in [0.05, 0.1) is 10.3 Å². The monoisotopic (exact) mass is 164 g/mol. The maximum Gasteiger partial charge on any atom is 0.0612 e. The second-order valence-corrected chi connectivity index (χ2v) is 4.63. The molecule has 0 radical (unpaired) electrons. The minimum absolute atomic E-state index is 0.00617. The summed E-state index contributed by atoms with van der Waals surface area (Å²) in [7, 11) is 0. The summed E-state index contributed by atoms with van der Waals surface area (Å²) >= 11 is 12.2. The fourth-order valence-electron chi connectivity index (χ4n) is 2.12. The van der Waals surface area contributed by atoms with Crippen LogP contribution in [-0.4, -0.2) is 10.3 Å². The Balaban J connectivity index is 2.22. The lowest BCUT2D eigenvalue weighted by Gasteiger charge is -2.23. The largest absolute Gasteiger partial charge is 0.121 e. The topological polar surface area (TPSA) is 0 Å². The van der Waals surface area contributed by atoms with E-state index in [2.05, 4.69) is 0 Å². The molecule has 0 amide bonds. The Labute approximate surface area is 65.5 Å². The molecule has 0 N–H and O–H groups in total. The van der Waals surface area contributed by atoms with Crippen molar-refractivity contribution >= 4 is 23.2 Å². The van der Waals surface area contributed by atoms with Gasteiger partial charge in [-0.2, -0.15) is 0 Å². The van der Waals surface area contributed by atoms with E-state index in [1.165, 1.54) is 12.8 Å². The molecule has 0 aliphatic heterocycles. The normalized spacial score (nSPS) is 56.7. The predicted octanol–water partition coefficient (Wildman–Crippen LogP) is 2.78. The predicted molar refractivity (Wildman–Crippen MR) is 40.2 cm³/mol. The zero-order valence-electron chi connectivity index (χ0n) is 5.24. The Morgan fingerprint density at radius 3 is 2.44 bits per heavy atom. The van der Waals surface area contributed by atoms with Crippen LogP contribution in [-0.2, 0) is 0 Å². The zero-order chi connectivity index (χ0) is 6.48. The summed E-state index contributed by atoms with van der Waals surface area (Å²) in [6.07, 6.45) is 4.79. The summed E-state index contributed by atoms with van der Waals surface area (Å²) < 4.78 is 0. The molecule has 2 bridgehead atoms. The van der Waals surface area contributed by atoms with Crippen molar-refractivity contribution in [3.63, 3.8) is 0 Å². The van der Waals surface area contributed by atoms with Gasteiger partial charge in [0.15, 0.2) is 0 Å². The van der Waals surface area contributed by atoms with Gasteiger partial charge in [0, 0.05) is 0 Å². The highest BCUT2D eigenvalue weighted by molar-refractivity contribution is 6.33. The first-order valence-electron chi connectivity index (χ1n) is 3.54. The number of alkyl halides is 2. The van der Waals surface area contributed by atoms with Crippen molar-refractivity contribution in [3.8, 4) is 0 Å². The first-order chi connectivity index (χ1) is 4.21. The van der Waals surface area contributed by atoms with E-state index in [4.69, 9.17) is 23.2 Å². The first kappa shape index (κ1) is 6.30. The van der Waals surface area contributed by atoms with Crippen LogP contribution in [0.2, 0.25) is 0 Å². The van der Waals surface area contributed by atoms with Crippen molar-refractivity contribution in [2.24, 2.45) is 5.92 Å². The number of halogens is 2. The maximum absolute atomic E-state index is 6.22. The molecule has 0 aromatic heterocycles. The quantitative estimate of drug-likeness (QED) is 0.484. The van der Waals surface area contributed by atoms with Crippen molar-refractivity contribution < 1.29 is 0 Å². The summed E-state index contributed by atoms with van der Waals surface area (Å²) in [4.78, 5) is 0.00617. The van der Waals surface area contributed by atoms with Crippen LogP contribution in [0.4, 0.5) is 0 Å². The van der Waals surface area contributed by atoms with E-state index >= 15 is 0 Å². The second kappa shape index (κ2) is 1.79. The highest BCUT2D eigenvalue weighted by atomic mass is 35.5. The molecule has 2 aliphatic carbocycles. The summed E-state index contributed by atoms with van der Waals surface area (Å²) in [6.45, 7) is 0. The molecule has 2 aliphatic rings. The molecular formula is C7H10Cl2. The SMILES string of the molecule is ClC1CC2CCC1(Cl)C2. The average Bonchev–Trinajstić information content (AvgIpc) is 2.22. The van der Waals surface area contributed by atoms with Gasteiger partial charge in [0.1, 0.15) is 0 Å². The van der Waals surface area contributed by atoms with Crippen molar-refractivity contribution in [1.82, 2.24) is 0 Å². The van der Waals surface area contributed by atoms with E-state index in [-0.39, 0.29) is 10.3 Å². The van der Waals surface area contributed by atoms with E-state index in [1.807, 2.05) is 0 Å².